The molecule has 0 atom stereocenters. The number of ether oxygens (including phenoxy) is 1. The summed E-state index contributed by atoms with van der Waals surface area (Å²) in [6, 6.07) is 10.4. The molecular weight excluding hydrogens is 346 g/mol. The van der Waals surface area contributed by atoms with Gasteiger partial charge in [-0.2, -0.15) is 13.5 Å². The van der Waals surface area contributed by atoms with Gasteiger partial charge < -0.3 is 15.2 Å². The van der Waals surface area contributed by atoms with Gasteiger partial charge in [0, 0.05) is 18.2 Å². The van der Waals surface area contributed by atoms with Crippen molar-refractivity contribution in [3.8, 4) is 11.5 Å². The monoisotopic (exact) mass is 363 g/mol. The lowest BCUT2D eigenvalue weighted by molar-refractivity contribution is -0.114. The van der Waals surface area contributed by atoms with E-state index in [1.54, 1.807) is 18.2 Å². The van der Waals surface area contributed by atoms with Crippen LogP contribution in [0.2, 0.25) is 0 Å². The van der Waals surface area contributed by atoms with E-state index in [1.807, 2.05) is 0 Å². The van der Waals surface area contributed by atoms with Crippen molar-refractivity contribution in [2.45, 2.75) is 11.8 Å². The summed E-state index contributed by atoms with van der Waals surface area (Å²) in [6.45, 7) is 1.36. The molecule has 25 heavy (non-hydrogen) atoms. The van der Waals surface area contributed by atoms with E-state index < -0.39 is 10.0 Å². The Morgan fingerprint density at radius 2 is 1.88 bits per heavy atom. The van der Waals surface area contributed by atoms with Crippen molar-refractivity contribution >= 4 is 27.8 Å². The third-order valence-corrected chi connectivity index (χ3v) is 4.35. The van der Waals surface area contributed by atoms with Gasteiger partial charge in [0.2, 0.25) is 5.91 Å². The predicted molar refractivity (Wildman–Crippen MR) is 93.3 cm³/mol. The summed E-state index contributed by atoms with van der Waals surface area (Å²) in [7, 11) is -2.47. The van der Waals surface area contributed by atoms with Gasteiger partial charge in [-0.3, -0.25) is 4.79 Å². The van der Waals surface area contributed by atoms with E-state index in [-0.39, 0.29) is 22.3 Å². The van der Waals surface area contributed by atoms with Crippen LogP contribution in [0.4, 0.5) is 5.69 Å². The molecule has 0 spiro atoms. The van der Waals surface area contributed by atoms with E-state index in [9.17, 15) is 18.3 Å². The Morgan fingerprint density at radius 1 is 1.20 bits per heavy atom. The standard InChI is InChI=1S/C16H17N3O5S/c1-11(20)18-13-6-8-14(9-7-13)25(22,23)19-17-10-12-4-3-5-15(24-2)16(12)21/h3-10,19,21H,1-2H3,(H,18,20)/b17-10-. The second-order valence-electron chi connectivity index (χ2n) is 4.96. The molecule has 1 amide bonds. The number of phenols is 1. The van der Waals surface area contributed by atoms with E-state index in [0.717, 1.165) is 0 Å². The Hall–Kier alpha value is -3.07. The van der Waals surface area contributed by atoms with E-state index in [0.29, 0.717) is 11.3 Å². The fourth-order valence-corrected chi connectivity index (χ4v) is 2.74. The smallest absolute Gasteiger partial charge is 0.276 e. The van der Waals surface area contributed by atoms with Gasteiger partial charge in [0.25, 0.3) is 10.0 Å². The van der Waals surface area contributed by atoms with Crippen molar-refractivity contribution in [3.05, 3.63) is 48.0 Å². The van der Waals surface area contributed by atoms with Crippen molar-refractivity contribution < 1.29 is 23.1 Å². The molecule has 0 radical (unpaired) electrons. The second-order valence-corrected chi connectivity index (χ2v) is 6.62. The number of hydrogen-bond acceptors (Lipinski definition) is 6. The maximum absolute atomic E-state index is 12.2. The van der Waals surface area contributed by atoms with Crippen molar-refractivity contribution in [3.63, 3.8) is 0 Å². The zero-order valence-electron chi connectivity index (χ0n) is 13.6. The zero-order chi connectivity index (χ0) is 18.4. The molecule has 0 bridgehead atoms. The number of benzene rings is 2. The highest BCUT2D eigenvalue weighted by molar-refractivity contribution is 7.89. The normalized spacial score (nSPS) is 11.3. The van der Waals surface area contributed by atoms with E-state index >= 15 is 0 Å². The lowest BCUT2D eigenvalue weighted by atomic mass is 10.2. The van der Waals surface area contributed by atoms with Gasteiger partial charge >= 0.3 is 0 Å². The van der Waals surface area contributed by atoms with Gasteiger partial charge in [-0.1, -0.05) is 6.07 Å². The van der Waals surface area contributed by atoms with Crippen molar-refractivity contribution in [2.75, 3.05) is 12.4 Å². The summed E-state index contributed by atoms with van der Waals surface area (Å²) in [4.78, 5) is 13.0. The van der Waals surface area contributed by atoms with Crippen LogP contribution in [0.5, 0.6) is 11.5 Å². The first-order chi connectivity index (χ1) is 11.8. The average molecular weight is 363 g/mol. The minimum Gasteiger partial charge on any atom is -0.504 e. The SMILES string of the molecule is COc1cccc(/C=N\NS(=O)(=O)c2ccc(NC(C)=O)cc2)c1O. The van der Waals surface area contributed by atoms with Crippen LogP contribution in [0, 0.1) is 0 Å². The number of anilines is 1. The number of sulfonamides is 1. The average Bonchev–Trinajstić information content (AvgIpc) is 2.56. The van der Waals surface area contributed by atoms with Crippen LogP contribution in [-0.2, 0) is 14.8 Å². The Balaban J connectivity index is 2.12. The van der Waals surface area contributed by atoms with Crippen molar-refractivity contribution in [2.24, 2.45) is 5.10 Å². The molecule has 0 fully saturated rings. The van der Waals surface area contributed by atoms with Gasteiger partial charge in [0.1, 0.15) is 0 Å². The summed E-state index contributed by atoms with van der Waals surface area (Å²) < 4.78 is 29.3. The Kier molecular flexibility index (Phi) is 5.60. The van der Waals surface area contributed by atoms with Gasteiger partial charge in [-0.25, -0.2) is 4.83 Å². The predicted octanol–water partition coefficient (Wildman–Crippen LogP) is 1.67. The number of carbonyl (C=O) groups excluding carboxylic acids is 1. The summed E-state index contributed by atoms with van der Waals surface area (Å²) in [5.74, 6) is -0.149. The molecule has 132 valence electrons. The number of nitrogens with one attached hydrogen (secondary N) is 2. The number of rotatable bonds is 6. The molecule has 0 aliphatic heterocycles. The molecule has 0 aromatic heterocycles. The van der Waals surface area contributed by atoms with Crippen molar-refractivity contribution in [1.82, 2.24) is 4.83 Å². The highest BCUT2D eigenvalue weighted by Crippen LogP contribution is 2.27. The molecule has 0 heterocycles. The topological polar surface area (TPSA) is 117 Å². The Labute approximate surface area is 145 Å². The Morgan fingerprint density at radius 3 is 2.48 bits per heavy atom. The number of nitrogens with zero attached hydrogens (tertiary/aromatic N) is 1. The number of carbonyl (C=O) groups is 1. The molecule has 0 saturated heterocycles. The summed E-state index contributed by atoms with van der Waals surface area (Å²) in [5, 5.41) is 16.1. The maximum atomic E-state index is 12.2. The van der Waals surface area contributed by atoms with Gasteiger partial charge in [0.15, 0.2) is 11.5 Å². The maximum Gasteiger partial charge on any atom is 0.276 e. The first-order valence-corrected chi connectivity index (χ1v) is 8.60. The van der Waals surface area contributed by atoms with E-state index in [2.05, 4.69) is 15.2 Å². The van der Waals surface area contributed by atoms with Crippen molar-refractivity contribution in [1.29, 1.82) is 0 Å². The van der Waals surface area contributed by atoms with E-state index in [4.69, 9.17) is 4.74 Å². The van der Waals surface area contributed by atoms with Gasteiger partial charge in [0.05, 0.1) is 18.2 Å². The minimum absolute atomic E-state index is 0.0198. The lowest BCUT2D eigenvalue weighted by Crippen LogP contribution is -2.18. The summed E-state index contributed by atoms with van der Waals surface area (Å²) >= 11 is 0. The van der Waals surface area contributed by atoms with Crippen LogP contribution in [0.15, 0.2) is 52.5 Å². The quantitative estimate of drug-likeness (QED) is 0.533. The lowest BCUT2D eigenvalue weighted by Gasteiger charge is -2.06. The number of hydrazone groups is 1. The third-order valence-electron chi connectivity index (χ3n) is 3.11. The molecule has 0 aliphatic rings. The van der Waals surface area contributed by atoms with Gasteiger partial charge in [-0.15, -0.1) is 0 Å². The molecule has 8 nitrogen and oxygen atoms in total. The molecule has 0 aliphatic carbocycles. The number of para-hydroxylation sites is 1. The molecule has 0 unspecified atom stereocenters. The fraction of sp³-hybridized carbons (Fsp3) is 0.125. The molecule has 2 rings (SSSR count). The first-order valence-electron chi connectivity index (χ1n) is 7.12. The Bertz CT molecular complexity index is 892. The van der Waals surface area contributed by atoms with Crippen LogP contribution in [0.25, 0.3) is 0 Å². The number of amides is 1. The number of methoxy groups -OCH3 is 1. The second kappa shape index (κ2) is 7.67. The van der Waals surface area contributed by atoms with Crippen LogP contribution < -0.4 is 14.9 Å². The van der Waals surface area contributed by atoms with Gasteiger partial charge in [-0.05, 0) is 36.4 Å². The molecule has 2 aromatic carbocycles. The number of hydrogen-bond donors (Lipinski definition) is 3. The van der Waals surface area contributed by atoms with Crippen LogP contribution in [0.3, 0.4) is 0 Å². The summed E-state index contributed by atoms with van der Waals surface area (Å²) in [5.41, 5.74) is 0.777. The summed E-state index contributed by atoms with van der Waals surface area (Å²) in [6.07, 6.45) is 1.17. The number of aromatic hydroxyl groups is 1. The molecule has 3 N–H and O–H groups in total. The largest absolute Gasteiger partial charge is 0.504 e. The number of phenolic OH excluding ortho intramolecular Hbond substituents is 1. The highest BCUT2D eigenvalue weighted by Gasteiger charge is 2.13. The van der Waals surface area contributed by atoms with Crippen LogP contribution in [-0.4, -0.2) is 32.8 Å². The van der Waals surface area contributed by atoms with Crippen LogP contribution in [0.1, 0.15) is 12.5 Å². The molecule has 0 saturated carbocycles. The third kappa shape index (κ3) is 4.70. The molecular formula is C16H17N3O5S. The molecule has 9 heteroatoms. The van der Waals surface area contributed by atoms with E-state index in [1.165, 1.54) is 44.5 Å². The fourth-order valence-electron chi connectivity index (χ4n) is 1.95. The van der Waals surface area contributed by atoms with Crippen LogP contribution >= 0.6 is 0 Å². The first kappa shape index (κ1) is 18.3. The highest BCUT2D eigenvalue weighted by atomic mass is 32.2. The zero-order valence-corrected chi connectivity index (χ0v) is 14.4. The molecule has 2 aromatic rings. The minimum atomic E-state index is -3.88.